The van der Waals surface area contributed by atoms with Crippen LogP contribution in [0.4, 0.5) is 4.39 Å². The van der Waals surface area contributed by atoms with Crippen LogP contribution in [0.5, 0.6) is 0 Å². The summed E-state index contributed by atoms with van der Waals surface area (Å²) in [6.45, 7) is 18.1. The Kier molecular flexibility index (Phi) is 4.95. The summed E-state index contributed by atoms with van der Waals surface area (Å²) >= 11 is 0. The van der Waals surface area contributed by atoms with Crippen molar-refractivity contribution in [2.45, 2.75) is 96.4 Å². The van der Waals surface area contributed by atoms with Gasteiger partial charge in [0.05, 0.1) is 11.3 Å². The lowest BCUT2D eigenvalue weighted by molar-refractivity contribution is -0.742. The summed E-state index contributed by atoms with van der Waals surface area (Å²) in [5.41, 5.74) is 5.97. The molecule has 2 aromatic heterocycles. The van der Waals surface area contributed by atoms with E-state index in [2.05, 4.69) is 76.0 Å². The van der Waals surface area contributed by atoms with Crippen LogP contribution >= 0.6 is 0 Å². The highest BCUT2D eigenvalue weighted by Crippen LogP contribution is 2.58. The fraction of sp³-hybridized carbons (Fsp3) is 0.556. The number of aromatic nitrogens is 2. The summed E-state index contributed by atoms with van der Waals surface area (Å²) in [6.07, 6.45) is 8.72. The van der Waals surface area contributed by atoms with Crippen molar-refractivity contribution in [3.8, 4) is 11.3 Å². The Balaban J connectivity index is 2.12. The highest BCUT2D eigenvalue weighted by Gasteiger charge is 2.58. The molecule has 2 aliphatic rings. The highest BCUT2D eigenvalue weighted by molar-refractivity contribution is 5.87. The van der Waals surface area contributed by atoms with Crippen molar-refractivity contribution in [1.29, 1.82) is 0 Å². The van der Waals surface area contributed by atoms with E-state index in [1.165, 1.54) is 30.5 Å². The molecular formula is C27H36FN2+. The second kappa shape index (κ2) is 7.00. The Morgan fingerprint density at radius 1 is 1.10 bits per heavy atom. The fourth-order valence-corrected chi connectivity index (χ4v) is 6.20. The number of rotatable bonds is 6. The Bertz CT molecular complexity index is 1020. The molecule has 4 rings (SSSR count). The number of allylic oxidation sites excluding steroid dienone is 1. The molecule has 0 radical (unpaired) electrons. The lowest BCUT2D eigenvalue weighted by Gasteiger charge is -2.50. The molecule has 3 heteroatoms. The Labute approximate surface area is 181 Å². The molecule has 0 bridgehead atoms. The SMILES string of the molecule is C=C1c2cc(F)nc3c2-c2c(ccc[n+]2C1(CC)CC)C(C)(CCCCC)C3(C)C. The van der Waals surface area contributed by atoms with E-state index in [-0.39, 0.29) is 22.3 Å². The van der Waals surface area contributed by atoms with Gasteiger partial charge in [-0.1, -0.05) is 67.4 Å². The van der Waals surface area contributed by atoms with E-state index in [1.54, 1.807) is 6.07 Å². The molecule has 2 aromatic rings. The normalized spacial score (nSPS) is 22.7. The molecule has 0 spiro atoms. The lowest BCUT2D eigenvalue weighted by Crippen LogP contribution is -2.62. The van der Waals surface area contributed by atoms with E-state index in [0.29, 0.717) is 0 Å². The highest BCUT2D eigenvalue weighted by atomic mass is 19.1. The van der Waals surface area contributed by atoms with Gasteiger partial charge in [0.2, 0.25) is 11.6 Å². The van der Waals surface area contributed by atoms with E-state index in [4.69, 9.17) is 0 Å². The van der Waals surface area contributed by atoms with Crippen molar-refractivity contribution in [1.82, 2.24) is 4.98 Å². The first-order valence-electron chi connectivity index (χ1n) is 11.7. The molecule has 160 valence electrons. The predicted octanol–water partition coefficient (Wildman–Crippen LogP) is 6.85. The maximum atomic E-state index is 14.9. The van der Waals surface area contributed by atoms with Crippen LogP contribution in [0, 0.1) is 5.95 Å². The number of hydrogen-bond acceptors (Lipinski definition) is 1. The van der Waals surface area contributed by atoms with Crippen LogP contribution in [0.1, 0.15) is 96.9 Å². The summed E-state index contributed by atoms with van der Waals surface area (Å²) in [5, 5.41) is 0. The van der Waals surface area contributed by atoms with Gasteiger partial charge in [-0.25, -0.2) is 4.98 Å². The molecular weight excluding hydrogens is 371 g/mol. The zero-order valence-corrected chi connectivity index (χ0v) is 19.5. The molecule has 3 heterocycles. The molecule has 1 unspecified atom stereocenters. The van der Waals surface area contributed by atoms with Crippen molar-refractivity contribution in [3.63, 3.8) is 0 Å². The van der Waals surface area contributed by atoms with Gasteiger partial charge in [0.25, 0.3) is 0 Å². The number of unbranched alkanes of at least 4 members (excludes halogenated alkanes) is 2. The van der Waals surface area contributed by atoms with Gasteiger partial charge in [0, 0.05) is 52.5 Å². The summed E-state index contributed by atoms with van der Waals surface area (Å²) in [6, 6.07) is 6.13. The van der Waals surface area contributed by atoms with Crippen molar-refractivity contribution < 1.29 is 8.96 Å². The average molecular weight is 408 g/mol. The van der Waals surface area contributed by atoms with Crippen LogP contribution < -0.4 is 4.57 Å². The monoisotopic (exact) mass is 407 g/mol. The standard InChI is InChI=1S/C27H36FN2/c1-8-11-12-15-26(7)20-14-13-16-30-23(20)22-19(18(4)27(30,9-2)10-3)17-21(28)29-24(22)25(26,5)6/h13-14,16-17H,4,8-12,15H2,1-3,5-7H3/q+1. The topological polar surface area (TPSA) is 16.8 Å². The summed E-state index contributed by atoms with van der Waals surface area (Å²) < 4.78 is 17.4. The zero-order chi connectivity index (χ0) is 21.9. The molecule has 0 saturated heterocycles. The quantitative estimate of drug-likeness (QED) is 0.291. The molecule has 1 aliphatic heterocycles. The Hall–Kier alpha value is -2.03. The first kappa shape index (κ1) is 21.2. The van der Waals surface area contributed by atoms with Crippen molar-refractivity contribution in [2.75, 3.05) is 0 Å². The van der Waals surface area contributed by atoms with Crippen LogP contribution in [0.2, 0.25) is 0 Å². The van der Waals surface area contributed by atoms with Crippen LogP contribution in [0.3, 0.4) is 0 Å². The van der Waals surface area contributed by atoms with Gasteiger partial charge in [-0.15, -0.1) is 0 Å². The fourth-order valence-electron chi connectivity index (χ4n) is 6.20. The maximum absolute atomic E-state index is 14.9. The first-order chi connectivity index (χ1) is 14.2. The smallest absolute Gasteiger partial charge is 0.219 e. The molecule has 1 aliphatic carbocycles. The van der Waals surface area contributed by atoms with Gasteiger partial charge in [0.15, 0.2) is 11.7 Å². The Morgan fingerprint density at radius 2 is 1.80 bits per heavy atom. The van der Waals surface area contributed by atoms with E-state index >= 15 is 0 Å². The molecule has 0 amide bonds. The summed E-state index contributed by atoms with van der Waals surface area (Å²) in [4.78, 5) is 4.54. The van der Waals surface area contributed by atoms with Gasteiger partial charge in [-0.2, -0.15) is 8.96 Å². The van der Waals surface area contributed by atoms with Crippen LogP contribution in [-0.4, -0.2) is 4.98 Å². The van der Waals surface area contributed by atoms with Crippen molar-refractivity contribution in [2.24, 2.45) is 0 Å². The Morgan fingerprint density at radius 3 is 2.43 bits per heavy atom. The van der Waals surface area contributed by atoms with E-state index in [9.17, 15) is 4.39 Å². The minimum Gasteiger partial charge on any atom is -0.223 e. The first-order valence-corrected chi connectivity index (χ1v) is 11.7. The zero-order valence-electron chi connectivity index (χ0n) is 19.5. The lowest BCUT2D eigenvalue weighted by atomic mass is 9.53. The van der Waals surface area contributed by atoms with E-state index in [1.807, 2.05) is 0 Å². The molecule has 0 fully saturated rings. The van der Waals surface area contributed by atoms with Gasteiger partial charge in [-0.05, 0) is 12.5 Å². The molecule has 0 aromatic carbocycles. The summed E-state index contributed by atoms with van der Waals surface area (Å²) in [7, 11) is 0. The molecule has 0 N–H and O–H groups in total. The molecule has 0 saturated carbocycles. The van der Waals surface area contributed by atoms with E-state index in [0.717, 1.165) is 41.7 Å². The maximum Gasteiger partial charge on any atom is 0.219 e. The third kappa shape index (κ3) is 2.47. The summed E-state index contributed by atoms with van der Waals surface area (Å²) in [5.74, 6) is -0.386. The third-order valence-corrected chi connectivity index (χ3v) is 8.58. The van der Waals surface area contributed by atoms with Gasteiger partial charge < -0.3 is 0 Å². The minimum atomic E-state index is -0.386. The van der Waals surface area contributed by atoms with Crippen LogP contribution in [-0.2, 0) is 16.4 Å². The average Bonchev–Trinajstić information content (AvgIpc) is 2.73. The minimum absolute atomic E-state index is 0.114. The van der Waals surface area contributed by atoms with Gasteiger partial charge in [0.1, 0.15) is 0 Å². The van der Waals surface area contributed by atoms with Crippen molar-refractivity contribution >= 4 is 5.57 Å². The van der Waals surface area contributed by atoms with Crippen LogP contribution in [0.15, 0.2) is 31.0 Å². The molecule has 30 heavy (non-hydrogen) atoms. The largest absolute Gasteiger partial charge is 0.223 e. The van der Waals surface area contributed by atoms with E-state index < -0.39 is 0 Å². The second-order valence-electron chi connectivity index (χ2n) is 9.99. The number of halogens is 1. The predicted molar refractivity (Wildman–Crippen MR) is 122 cm³/mol. The van der Waals surface area contributed by atoms with Crippen molar-refractivity contribution in [3.05, 3.63) is 53.7 Å². The molecule has 2 nitrogen and oxygen atoms in total. The number of nitrogens with zero attached hydrogens (tertiary/aromatic N) is 2. The number of hydrogen-bond donors (Lipinski definition) is 0. The second-order valence-corrected chi connectivity index (χ2v) is 9.99. The van der Waals surface area contributed by atoms with Crippen LogP contribution in [0.25, 0.3) is 16.8 Å². The van der Waals surface area contributed by atoms with Gasteiger partial charge in [-0.3, -0.25) is 0 Å². The van der Waals surface area contributed by atoms with Gasteiger partial charge >= 0.3 is 0 Å². The molecule has 1 atom stereocenters. The third-order valence-electron chi connectivity index (χ3n) is 8.58. The number of pyridine rings is 2.